The molecule has 0 bridgehead atoms. The molecule has 0 atom stereocenters. The molecule has 1 aromatic heterocycles. The predicted molar refractivity (Wildman–Crippen MR) is 65.9 cm³/mol. The second-order valence-corrected chi connectivity index (χ2v) is 3.95. The molecule has 1 aromatic carbocycles. The first-order chi connectivity index (χ1) is 8.54. The predicted octanol–water partition coefficient (Wildman–Crippen LogP) is 2.87. The van der Waals surface area contributed by atoms with Crippen LogP contribution in [0.1, 0.15) is 18.3 Å². The topological polar surface area (TPSA) is 51.8 Å². The molecule has 2 rings (SSSR count). The van der Waals surface area contributed by atoms with Gasteiger partial charge in [-0.1, -0.05) is 13.0 Å². The molecule has 0 saturated heterocycles. The molecule has 1 heterocycles. The molecule has 0 spiro atoms. The smallest absolute Gasteiger partial charge is 0.135 e. The van der Waals surface area contributed by atoms with Crippen molar-refractivity contribution in [2.45, 2.75) is 20.3 Å². The highest BCUT2D eigenvalue weighted by Gasteiger charge is 2.17. The Morgan fingerprint density at radius 2 is 1.78 bits per heavy atom. The van der Waals surface area contributed by atoms with Gasteiger partial charge >= 0.3 is 0 Å². The van der Waals surface area contributed by atoms with E-state index in [-0.39, 0.29) is 17.1 Å². The van der Waals surface area contributed by atoms with Gasteiger partial charge < -0.3 is 5.73 Å². The summed E-state index contributed by atoms with van der Waals surface area (Å²) in [7, 11) is 0. The minimum absolute atomic E-state index is 0.154. The Labute approximate surface area is 104 Å². The van der Waals surface area contributed by atoms with Gasteiger partial charge in [-0.25, -0.2) is 18.7 Å². The lowest BCUT2D eigenvalue weighted by atomic mass is 10.1. The standard InChI is InChI=1S/C13H13F2N3/c1-3-10-17-12(7(2)13(16)18-10)11-8(14)5-4-6-9(11)15/h4-6H,3H2,1-2H3,(H2,16,17,18). The molecule has 0 aliphatic rings. The number of hydrogen-bond acceptors (Lipinski definition) is 3. The minimum atomic E-state index is -0.654. The van der Waals surface area contributed by atoms with E-state index in [0.29, 0.717) is 17.8 Å². The molecule has 5 heteroatoms. The maximum atomic E-state index is 13.7. The fourth-order valence-electron chi connectivity index (χ4n) is 1.71. The van der Waals surface area contributed by atoms with Crippen LogP contribution in [0.15, 0.2) is 18.2 Å². The number of rotatable bonds is 2. The van der Waals surface area contributed by atoms with Gasteiger partial charge in [0.2, 0.25) is 0 Å². The number of halogens is 2. The van der Waals surface area contributed by atoms with Crippen molar-refractivity contribution in [3.63, 3.8) is 0 Å². The highest BCUT2D eigenvalue weighted by Crippen LogP contribution is 2.29. The van der Waals surface area contributed by atoms with Gasteiger partial charge in [0.05, 0.1) is 11.3 Å². The third kappa shape index (κ3) is 2.03. The summed E-state index contributed by atoms with van der Waals surface area (Å²) in [5.41, 5.74) is 6.28. The molecule has 0 fully saturated rings. The molecular weight excluding hydrogens is 236 g/mol. The maximum absolute atomic E-state index is 13.7. The Hall–Kier alpha value is -2.04. The number of anilines is 1. The Bertz CT molecular complexity index is 577. The molecule has 0 amide bonds. The summed E-state index contributed by atoms with van der Waals surface area (Å²) in [6.07, 6.45) is 0.549. The third-order valence-electron chi connectivity index (χ3n) is 2.75. The van der Waals surface area contributed by atoms with Gasteiger partial charge in [0.1, 0.15) is 23.3 Å². The number of aromatic nitrogens is 2. The van der Waals surface area contributed by atoms with E-state index >= 15 is 0 Å². The van der Waals surface area contributed by atoms with Gasteiger partial charge in [0, 0.05) is 12.0 Å². The van der Waals surface area contributed by atoms with E-state index < -0.39 is 11.6 Å². The van der Waals surface area contributed by atoms with Crippen LogP contribution in [0.3, 0.4) is 0 Å². The Balaban J connectivity index is 2.74. The van der Waals surface area contributed by atoms with Crippen molar-refractivity contribution in [2.75, 3.05) is 5.73 Å². The van der Waals surface area contributed by atoms with Crippen molar-refractivity contribution >= 4 is 5.82 Å². The first-order valence-electron chi connectivity index (χ1n) is 5.62. The number of nitrogen functional groups attached to an aromatic ring is 1. The zero-order valence-electron chi connectivity index (χ0n) is 10.2. The van der Waals surface area contributed by atoms with Gasteiger partial charge in [-0.05, 0) is 19.1 Å². The lowest BCUT2D eigenvalue weighted by molar-refractivity contribution is 0.588. The van der Waals surface area contributed by atoms with Gasteiger partial charge in [0.15, 0.2) is 0 Å². The number of aryl methyl sites for hydroxylation is 1. The van der Waals surface area contributed by atoms with Gasteiger partial charge in [-0.3, -0.25) is 0 Å². The second-order valence-electron chi connectivity index (χ2n) is 3.95. The van der Waals surface area contributed by atoms with Crippen molar-refractivity contribution in [3.05, 3.63) is 41.2 Å². The van der Waals surface area contributed by atoms with Crippen molar-refractivity contribution in [1.82, 2.24) is 9.97 Å². The number of nitrogens with zero attached hydrogens (tertiary/aromatic N) is 2. The van der Waals surface area contributed by atoms with Crippen LogP contribution in [0.5, 0.6) is 0 Å². The van der Waals surface area contributed by atoms with E-state index in [1.807, 2.05) is 6.92 Å². The fourth-order valence-corrected chi connectivity index (χ4v) is 1.71. The van der Waals surface area contributed by atoms with Crippen LogP contribution in [0.4, 0.5) is 14.6 Å². The van der Waals surface area contributed by atoms with Crippen molar-refractivity contribution in [3.8, 4) is 11.3 Å². The molecule has 0 radical (unpaired) electrons. The summed E-state index contributed by atoms with van der Waals surface area (Å²) >= 11 is 0. The molecular formula is C13H13F2N3. The van der Waals surface area contributed by atoms with E-state index in [2.05, 4.69) is 9.97 Å². The summed E-state index contributed by atoms with van der Waals surface area (Å²) in [5.74, 6) is -0.591. The normalized spacial score (nSPS) is 10.7. The molecule has 0 saturated carbocycles. The quantitative estimate of drug-likeness (QED) is 0.890. The highest BCUT2D eigenvalue weighted by molar-refractivity contribution is 5.68. The van der Waals surface area contributed by atoms with E-state index in [1.165, 1.54) is 18.2 Å². The van der Waals surface area contributed by atoms with Gasteiger partial charge in [-0.2, -0.15) is 0 Å². The van der Waals surface area contributed by atoms with Crippen LogP contribution >= 0.6 is 0 Å². The first-order valence-corrected chi connectivity index (χ1v) is 5.62. The van der Waals surface area contributed by atoms with E-state index in [0.717, 1.165) is 0 Å². The SMILES string of the molecule is CCc1nc(N)c(C)c(-c2c(F)cccc2F)n1. The van der Waals surface area contributed by atoms with Crippen LogP contribution in [0, 0.1) is 18.6 Å². The average molecular weight is 249 g/mol. The highest BCUT2D eigenvalue weighted by atomic mass is 19.1. The van der Waals surface area contributed by atoms with E-state index in [9.17, 15) is 8.78 Å². The van der Waals surface area contributed by atoms with Crippen LogP contribution in [0.25, 0.3) is 11.3 Å². The number of nitrogens with two attached hydrogens (primary N) is 1. The maximum Gasteiger partial charge on any atom is 0.135 e. The fraction of sp³-hybridized carbons (Fsp3) is 0.231. The van der Waals surface area contributed by atoms with Crippen LogP contribution < -0.4 is 5.73 Å². The molecule has 94 valence electrons. The van der Waals surface area contributed by atoms with Crippen molar-refractivity contribution in [1.29, 1.82) is 0 Å². The molecule has 2 aromatic rings. The zero-order chi connectivity index (χ0) is 13.3. The van der Waals surface area contributed by atoms with Crippen LogP contribution in [-0.2, 0) is 6.42 Å². The molecule has 18 heavy (non-hydrogen) atoms. The van der Waals surface area contributed by atoms with Crippen LogP contribution in [-0.4, -0.2) is 9.97 Å². The molecule has 0 aliphatic heterocycles. The molecule has 3 nitrogen and oxygen atoms in total. The molecule has 0 unspecified atom stereocenters. The lowest BCUT2D eigenvalue weighted by Crippen LogP contribution is -2.06. The van der Waals surface area contributed by atoms with Crippen molar-refractivity contribution in [2.24, 2.45) is 0 Å². The van der Waals surface area contributed by atoms with Crippen LogP contribution in [0.2, 0.25) is 0 Å². The lowest BCUT2D eigenvalue weighted by Gasteiger charge is -2.10. The third-order valence-corrected chi connectivity index (χ3v) is 2.75. The molecule has 0 aliphatic carbocycles. The molecule has 2 N–H and O–H groups in total. The Morgan fingerprint density at radius 1 is 1.17 bits per heavy atom. The summed E-state index contributed by atoms with van der Waals surface area (Å²) in [6.45, 7) is 3.50. The minimum Gasteiger partial charge on any atom is -0.383 e. The largest absolute Gasteiger partial charge is 0.383 e. The van der Waals surface area contributed by atoms with E-state index in [4.69, 9.17) is 5.73 Å². The number of hydrogen-bond donors (Lipinski definition) is 1. The Morgan fingerprint density at radius 3 is 2.33 bits per heavy atom. The monoisotopic (exact) mass is 249 g/mol. The summed E-state index contributed by atoms with van der Waals surface area (Å²) in [6, 6.07) is 3.71. The number of benzene rings is 1. The Kier molecular flexibility index (Phi) is 3.23. The summed E-state index contributed by atoms with van der Waals surface area (Å²) in [4.78, 5) is 8.23. The average Bonchev–Trinajstić information content (AvgIpc) is 2.33. The van der Waals surface area contributed by atoms with E-state index in [1.54, 1.807) is 6.92 Å². The second kappa shape index (κ2) is 4.68. The zero-order valence-corrected chi connectivity index (χ0v) is 10.2. The van der Waals surface area contributed by atoms with Gasteiger partial charge in [-0.15, -0.1) is 0 Å². The summed E-state index contributed by atoms with van der Waals surface area (Å²) < 4.78 is 27.5. The first kappa shape index (κ1) is 12.4. The summed E-state index contributed by atoms with van der Waals surface area (Å²) in [5, 5.41) is 0. The van der Waals surface area contributed by atoms with Gasteiger partial charge in [0.25, 0.3) is 0 Å². The van der Waals surface area contributed by atoms with Crippen molar-refractivity contribution < 1.29 is 8.78 Å².